The van der Waals surface area contributed by atoms with Crippen molar-refractivity contribution in [1.29, 1.82) is 0 Å². The van der Waals surface area contributed by atoms with Crippen molar-refractivity contribution in [2.45, 2.75) is 45.1 Å². The second-order valence-corrected chi connectivity index (χ2v) is 4.25. The van der Waals surface area contributed by atoms with Gasteiger partial charge in [0, 0.05) is 6.42 Å². The first-order chi connectivity index (χ1) is 5.75. The fourth-order valence-electron chi connectivity index (χ4n) is 2.46. The molecule has 0 bridgehead atoms. The van der Waals surface area contributed by atoms with E-state index in [1.54, 1.807) is 0 Å². The number of rotatable bonds is 0. The molecule has 1 aliphatic heterocycles. The van der Waals surface area contributed by atoms with E-state index in [0.717, 1.165) is 18.8 Å². The molecule has 1 aliphatic carbocycles. The van der Waals surface area contributed by atoms with Gasteiger partial charge in [0.05, 0.1) is 0 Å². The van der Waals surface area contributed by atoms with Gasteiger partial charge in [-0.15, -0.1) is 0 Å². The summed E-state index contributed by atoms with van der Waals surface area (Å²) in [7, 11) is 0. The highest BCUT2D eigenvalue weighted by Gasteiger charge is 2.34. The van der Waals surface area contributed by atoms with Gasteiger partial charge in [-0.1, -0.05) is 6.92 Å². The Morgan fingerprint density at radius 1 is 1.33 bits per heavy atom. The van der Waals surface area contributed by atoms with E-state index in [1.165, 1.54) is 12.8 Å². The summed E-state index contributed by atoms with van der Waals surface area (Å²) >= 11 is 0. The lowest BCUT2D eigenvalue weighted by Crippen LogP contribution is -2.36. The summed E-state index contributed by atoms with van der Waals surface area (Å²) in [6, 6.07) is 0. The van der Waals surface area contributed by atoms with Gasteiger partial charge in [-0.25, -0.2) is 0 Å². The highest BCUT2D eigenvalue weighted by molar-refractivity contribution is 5.70. The van der Waals surface area contributed by atoms with Crippen LogP contribution in [0.3, 0.4) is 0 Å². The maximum atomic E-state index is 11.0. The summed E-state index contributed by atoms with van der Waals surface area (Å²) in [5, 5.41) is 0. The molecule has 0 N–H and O–H groups in total. The van der Waals surface area contributed by atoms with Gasteiger partial charge in [0.2, 0.25) is 0 Å². The minimum Gasteiger partial charge on any atom is -0.462 e. The summed E-state index contributed by atoms with van der Waals surface area (Å²) in [4.78, 5) is 11.0. The largest absolute Gasteiger partial charge is 0.462 e. The van der Waals surface area contributed by atoms with Gasteiger partial charge >= 0.3 is 5.97 Å². The van der Waals surface area contributed by atoms with Crippen molar-refractivity contribution < 1.29 is 9.53 Å². The molecule has 2 aliphatic rings. The minimum absolute atomic E-state index is 0.0193. The number of ether oxygens (including phenoxy) is 1. The van der Waals surface area contributed by atoms with E-state index in [0.29, 0.717) is 12.3 Å². The molecular weight excluding hydrogens is 152 g/mol. The summed E-state index contributed by atoms with van der Waals surface area (Å²) in [5.74, 6) is 1.53. The topological polar surface area (TPSA) is 26.3 Å². The first-order valence-corrected chi connectivity index (χ1v) is 4.95. The molecule has 1 saturated heterocycles. The third-order valence-electron chi connectivity index (χ3n) is 3.18. The summed E-state index contributed by atoms with van der Waals surface area (Å²) in [6.45, 7) is 2.30. The van der Waals surface area contributed by atoms with E-state index in [2.05, 4.69) is 6.92 Å². The molecule has 2 rings (SSSR count). The van der Waals surface area contributed by atoms with Crippen LogP contribution in [0.5, 0.6) is 0 Å². The van der Waals surface area contributed by atoms with Crippen LogP contribution in [0, 0.1) is 11.8 Å². The molecule has 0 unspecified atom stereocenters. The van der Waals surface area contributed by atoms with Crippen molar-refractivity contribution in [3.05, 3.63) is 0 Å². The zero-order valence-corrected chi connectivity index (χ0v) is 7.58. The fraction of sp³-hybridized carbons (Fsp3) is 0.900. The highest BCUT2D eigenvalue weighted by atomic mass is 16.5. The Hall–Kier alpha value is -0.530. The fourth-order valence-corrected chi connectivity index (χ4v) is 2.46. The second-order valence-electron chi connectivity index (χ2n) is 4.25. The molecule has 0 radical (unpaired) electrons. The van der Waals surface area contributed by atoms with Crippen LogP contribution in [0.1, 0.15) is 39.0 Å². The standard InChI is InChI=1S/C10H16O2/c1-7-2-4-9-8(6-7)3-5-10(11)12-9/h7-9H,2-6H2,1H3/t7-,8+,9+/m1/s1. The Kier molecular flexibility index (Phi) is 2.07. The van der Waals surface area contributed by atoms with Crippen molar-refractivity contribution in [2.24, 2.45) is 11.8 Å². The van der Waals surface area contributed by atoms with E-state index in [-0.39, 0.29) is 12.1 Å². The van der Waals surface area contributed by atoms with Gasteiger partial charge in [0.25, 0.3) is 0 Å². The number of esters is 1. The van der Waals surface area contributed by atoms with Gasteiger partial charge < -0.3 is 4.74 Å². The first-order valence-electron chi connectivity index (χ1n) is 4.95. The van der Waals surface area contributed by atoms with E-state index in [9.17, 15) is 4.79 Å². The quantitative estimate of drug-likeness (QED) is 0.518. The third-order valence-corrected chi connectivity index (χ3v) is 3.18. The first kappa shape index (κ1) is 8.09. The predicted molar refractivity (Wildman–Crippen MR) is 45.6 cm³/mol. The Morgan fingerprint density at radius 2 is 2.17 bits per heavy atom. The Balaban J connectivity index is 1.98. The van der Waals surface area contributed by atoms with Crippen LogP contribution >= 0.6 is 0 Å². The molecular formula is C10H16O2. The lowest BCUT2D eigenvalue weighted by atomic mass is 9.77. The van der Waals surface area contributed by atoms with Crippen molar-refractivity contribution in [2.75, 3.05) is 0 Å². The summed E-state index contributed by atoms with van der Waals surface area (Å²) in [6.07, 6.45) is 5.56. The maximum Gasteiger partial charge on any atom is 0.306 e. The normalized spacial score (nSPS) is 41.8. The highest BCUT2D eigenvalue weighted by Crippen LogP contribution is 2.36. The van der Waals surface area contributed by atoms with Gasteiger partial charge in [0.1, 0.15) is 6.10 Å². The number of carbonyl (C=O) groups is 1. The maximum absolute atomic E-state index is 11.0. The number of carbonyl (C=O) groups excluding carboxylic acids is 1. The molecule has 2 nitrogen and oxygen atoms in total. The van der Waals surface area contributed by atoms with Crippen molar-refractivity contribution in [3.63, 3.8) is 0 Å². The van der Waals surface area contributed by atoms with Crippen LogP contribution in [0.25, 0.3) is 0 Å². The van der Waals surface area contributed by atoms with Gasteiger partial charge in [-0.3, -0.25) is 4.79 Å². The number of fused-ring (bicyclic) bond motifs is 1. The van der Waals surface area contributed by atoms with Crippen LogP contribution in [-0.2, 0) is 9.53 Å². The predicted octanol–water partition coefficient (Wildman–Crippen LogP) is 2.13. The molecule has 1 saturated carbocycles. The smallest absolute Gasteiger partial charge is 0.306 e. The molecule has 3 atom stereocenters. The number of hydrogen-bond acceptors (Lipinski definition) is 2. The Labute approximate surface area is 73.3 Å². The summed E-state index contributed by atoms with van der Waals surface area (Å²) < 4.78 is 5.30. The van der Waals surface area contributed by atoms with E-state index < -0.39 is 0 Å². The SMILES string of the molecule is C[C@@H]1CC[C@@H]2OC(=O)CC[C@H]2C1. The lowest BCUT2D eigenvalue weighted by Gasteiger charge is -2.37. The van der Waals surface area contributed by atoms with Crippen molar-refractivity contribution in [3.8, 4) is 0 Å². The average molecular weight is 168 g/mol. The molecule has 2 heteroatoms. The van der Waals surface area contributed by atoms with Crippen LogP contribution in [-0.4, -0.2) is 12.1 Å². The molecule has 2 fully saturated rings. The molecule has 0 amide bonds. The van der Waals surface area contributed by atoms with Gasteiger partial charge in [-0.05, 0) is 37.5 Å². The van der Waals surface area contributed by atoms with E-state index >= 15 is 0 Å². The number of hydrogen-bond donors (Lipinski definition) is 0. The van der Waals surface area contributed by atoms with Gasteiger partial charge in [-0.2, -0.15) is 0 Å². The Bertz CT molecular complexity index is 188. The molecule has 0 spiro atoms. The third kappa shape index (κ3) is 1.47. The Morgan fingerprint density at radius 3 is 3.00 bits per heavy atom. The van der Waals surface area contributed by atoms with Crippen LogP contribution in [0.2, 0.25) is 0 Å². The molecule has 12 heavy (non-hydrogen) atoms. The molecule has 0 aromatic carbocycles. The van der Waals surface area contributed by atoms with Crippen LogP contribution < -0.4 is 0 Å². The lowest BCUT2D eigenvalue weighted by molar-refractivity contribution is -0.161. The zero-order valence-electron chi connectivity index (χ0n) is 7.58. The zero-order chi connectivity index (χ0) is 8.55. The second kappa shape index (κ2) is 3.08. The van der Waals surface area contributed by atoms with Crippen molar-refractivity contribution >= 4 is 5.97 Å². The molecule has 1 heterocycles. The van der Waals surface area contributed by atoms with E-state index in [4.69, 9.17) is 4.74 Å². The molecule has 0 aromatic heterocycles. The summed E-state index contributed by atoms with van der Waals surface area (Å²) in [5.41, 5.74) is 0. The van der Waals surface area contributed by atoms with E-state index in [1.807, 2.05) is 0 Å². The molecule has 68 valence electrons. The average Bonchev–Trinajstić information content (AvgIpc) is 2.05. The molecule has 0 aromatic rings. The van der Waals surface area contributed by atoms with Crippen molar-refractivity contribution in [1.82, 2.24) is 0 Å². The van der Waals surface area contributed by atoms with Gasteiger partial charge in [0.15, 0.2) is 0 Å². The minimum atomic E-state index is 0.0193. The van der Waals surface area contributed by atoms with Crippen LogP contribution in [0.15, 0.2) is 0 Å². The van der Waals surface area contributed by atoms with Crippen LogP contribution in [0.4, 0.5) is 0 Å². The monoisotopic (exact) mass is 168 g/mol.